The van der Waals surface area contributed by atoms with Gasteiger partial charge >= 0.3 is 5.97 Å². The van der Waals surface area contributed by atoms with Crippen molar-refractivity contribution in [2.75, 3.05) is 7.11 Å². The summed E-state index contributed by atoms with van der Waals surface area (Å²) in [5.74, 6) is 1.94. The molecule has 2 heterocycles. The second kappa shape index (κ2) is 13.1. The number of carbonyl (C=O) groups is 1. The summed E-state index contributed by atoms with van der Waals surface area (Å²) in [5.41, 5.74) is 5.32. The van der Waals surface area contributed by atoms with Gasteiger partial charge in [0.25, 0.3) is 0 Å². The molecular weight excluding hydrogens is 554 g/mol. The Hall–Kier alpha value is -5.63. The van der Waals surface area contributed by atoms with Crippen LogP contribution >= 0.6 is 0 Å². The number of fused-ring (bicyclic) bond motifs is 1. The molecule has 0 N–H and O–H groups in total. The first-order valence-electron chi connectivity index (χ1n) is 14.2. The monoisotopic (exact) mass is 585 g/mol. The topological polar surface area (TPSA) is 84.7 Å². The molecule has 0 aliphatic heterocycles. The largest absolute Gasteiger partial charge is 0.473 e. The predicted molar refractivity (Wildman–Crippen MR) is 168 cm³/mol. The predicted octanol–water partition coefficient (Wildman–Crippen LogP) is 7.30. The van der Waals surface area contributed by atoms with Gasteiger partial charge in [0, 0.05) is 24.6 Å². The quantitative estimate of drug-likeness (QED) is 0.148. The molecule has 4 aromatic carbocycles. The van der Waals surface area contributed by atoms with E-state index in [0.29, 0.717) is 36.5 Å². The third-order valence-corrected chi connectivity index (χ3v) is 7.10. The molecule has 0 bridgehead atoms. The van der Waals surface area contributed by atoms with E-state index in [-0.39, 0.29) is 12.4 Å². The molecule has 0 fully saturated rings. The number of hydrogen-bond donors (Lipinski definition) is 0. The minimum atomic E-state index is -0.283. The first kappa shape index (κ1) is 28.5. The van der Waals surface area contributed by atoms with Crippen molar-refractivity contribution in [1.82, 2.24) is 14.8 Å². The van der Waals surface area contributed by atoms with Gasteiger partial charge in [-0.1, -0.05) is 72.8 Å². The van der Waals surface area contributed by atoms with Crippen LogP contribution in [0.3, 0.4) is 0 Å². The van der Waals surface area contributed by atoms with Crippen LogP contribution in [-0.2, 0) is 36.2 Å². The van der Waals surface area contributed by atoms with Gasteiger partial charge in [-0.2, -0.15) is 10.1 Å². The van der Waals surface area contributed by atoms with Crippen LogP contribution in [0.15, 0.2) is 115 Å². The number of esters is 1. The summed E-state index contributed by atoms with van der Waals surface area (Å²) in [4.78, 5) is 16.3. The first-order chi connectivity index (χ1) is 21.6. The average Bonchev–Trinajstić information content (AvgIpc) is 3.39. The van der Waals surface area contributed by atoms with Crippen molar-refractivity contribution in [1.29, 1.82) is 0 Å². The van der Waals surface area contributed by atoms with E-state index in [1.807, 2.05) is 127 Å². The zero-order chi connectivity index (χ0) is 30.3. The first-order valence-corrected chi connectivity index (χ1v) is 14.2. The lowest BCUT2D eigenvalue weighted by Crippen LogP contribution is -2.04. The van der Waals surface area contributed by atoms with E-state index in [9.17, 15) is 4.79 Å². The number of ether oxygens (including phenoxy) is 4. The van der Waals surface area contributed by atoms with Crippen LogP contribution < -0.4 is 14.2 Å². The van der Waals surface area contributed by atoms with E-state index < -0.39 is 0 Å². The van der Waals surface area contributed by atoms with Crippen molar-refractivity contribution >= 4 is 16.9 Å². The molecule has 0 amide bonds. The van der Waals surface area contributed by atoms with Crippen LogP contribution in [0.2, 0.25) is 0 Å². The number of methoxy groups -OCH3 is 1. The van der Waals surface area contributed by atoms with Gasteiger partial charge in [0.2, 0.25) is 11.8 Å². The summed E-state index contributed by atoms with van der Waals surface area (Å²) in [6, 6.07) is 36.9. The molecule has 6 aromatic rings. The Bertz CT molecular complexity index is 1870. The standard InChI is InChI=1S/C36H31N3O5/c1-39-32-22-29(44-28-15-13-25(14-16-28)21-34(40)41-2)17-18-30(32)35(38-39)31-19-20-33(42-23-26-9-5-3-6-10-26)37-36(31)43-24-27-11-7-4-8-12-27/h3-20,22H,21,23-24H2,1-2H3. The van der Waals surface area contributed by atoms with Gasteiger partial charge in [-0.05, 0) is 47.0 Å². The molecule has 0 aliphatic rings. The molecule has 8 heteroatoms. The lowest BCUT2D eigenvalue weighted by molar-refractivity contribution is -0.139. The van der Waals surface area contributed by atoms with Crippen LogP contribution in [0.5, 0.6) is 23.3 Å². The highest BCUT2D eigenvalue weighted by atomic mass is 16.5. The third-order valence-electron chi connectivity index (χ3n) is 7.10. The van der Waals surface area contributed by atoms with Gasteiger partial charge in [0.1, 0.15) is 30.4 Å². The van der Waals surface area contributed by atoms with E-state index in [1.54, 1.807) is 0 Å². The summed E-state index contributed by atoms with van der Waals surface area (Å²) in [5, 5.41) is 5.78. The Labute approximate surface area is 255 Å². The van der Waals surface area contributed by atoms with Gasteiger partial charge < -0.3 is 18.9 Å². The number of nitrogens with zero attached hydrogens (tertiary/aromatic N) is 3. The second-order valence-corrected chi connectivity index (χ2v) is 10.2. The zero-order valence-electron chi connectivity index (χ0n) is 24.5. The van der Waals surface area contributed by atoms with E-state index in [2.05, 4.69) is 0 Å². The molecular formula is C36H31N3O5. The highest BCUT2D eigenvalue weighted by Gasteiger charge is 2.19. The van der Waals surface area contributed by atoms with Crippen LogP contribution in [0, 0.1) is 0 Å². The lowest BCUT2D eigenvalue weighted by atomic mass is 10.1. The summed E-state index contributed by atoms with van der Waals surface area (Å²) >= 11 is 0. The molecule has 0 saturated heterocycles. The Morgan fingerprint density at radius 2 is 1.39 bits per heavy atom. The van der Waals surface area contributed by atoms with E-state index >= 15 is 0 Å². The molecule has 0 spiro atoms. The summed E-state index contributed by atoms with van der Waals surface area (Å²) in [6.07, 6.45) is 0.215. The molecule has 8 nitrogen and oxygen atoms in total. The van der Waals surface area contributed by atoms with Crippen molar-refractivity contribution in [2.24, 2.45) is 7.05 Å². The Balaban J connectivity index is 1.27. The number of hydrogen-bond acceptors (Lipinski definition) is 7. The van der Waals surface area contributed by atoms with Crippen LogP contribution in [0.1, 0.15) is 16.7 Å². The lowest BCUT2D eigenvalue weighted by Gasteiger charge is -2.12. The van der Waals surface area contributed by atoms with Crippen molar-refractivity contribution in [3.63, 3.8) is 0 Å². The maximum absolute atomic E-state index is 11.6. The third kappa shape index (κ3) is 6.71. The molecule has 0 saturated carbocycles. The highest BCUT2D eigenvalue weighted by molar-refractivity contribution is 5.95. The van der Waals surface area contributed by atoms with Crippen molar-refractivity contribution < 1.29 is 23.7 Å². The second-order valence-electron chi connectivity index (χ2n) is 10.2. The Morgan fingerprint density at radius 1 is 0.727 bits per heavy atom. The number of rotatable bonds is 11. The molecule has 44 heavy (non-hydrogen) atoms. The summed E-state index contributed by atoms with van der Waals surface area (Å²) < 4.78 is 25.0. The fourth-order valence-corrected chi connectivity index (χ4v) is 4.80. The van der Waals surface area contributed by atoms with E-state index in [0.717, 1.165) is 38.9 Å². The smallest absolute Gasteiger partial charge is 0.309 e. The number of pyridine rings is 1. The minimum absolute atomic E-state index is 0.215. The number of carbonyl (C=O) groups excluding carboxylic acids is 1. The highest BCUT2D eigenvalue weighted by Crippen LogP contribution is 2.37. The number of aromatic nitrogens is 3. The van der Waals surface area contributed by atoms with Crippen LogP contribution in [0.25, 0.3) is 22.2 Å². The van der Waals surface area contributed by atoms with Crippen LogP contribution in [-0.4, -0.2) is 27.8 Å². The average molecular weight is 586 g/mol. The summed E-state index contributed by atoms with van der Waals surface area (Å²) in [7, 11) is 3.28. The summed E-state index contributed by atoms with van der Waals surface area (Å²) in [6.45, 7) is 0.749. The number of benzene rings is 4. The Morgan fingerprint density at radius 3 is 2.07 bits per heavy atom. The van der Waals surface area contributed by atoms with Gasteiger partial charge in [0.05, 0.1) is 24.6 Å². The molecule has 220 valence electrons. The van der Waals surface area contributed by atoms with Gasteiger partial charge in [-0.25, -0.2) is 0 Å². The van der Waals surface area contributed by atoms with Gasteiger partial charge in [-0.15, -0.1) is 0 Å². The van der Waals surface area contributed by atoms with Crippen molar-refractivity contribution in [3.05, 3.63) is 132 Å². The SMILES string of the molecule is COC(=O)Cc1ccc(Oc2ccc3c(-c4ccc(OCc5ccccc5)nc4OCc4ccccc4)nn(C)c3c2)cc1. The molecule has 0 aliphatic carbocycles. The molecule has 0 radical (unpaired) electrons. The fourth-order valence-electron chi connectivity index (χ4n) is 4.80. The number of aryl methyl sites for hydroxylation is 1. The van der Waals surface area contributed by atoms with E-state index in [1.165, 1.54) is 7.11 Å². The van der Waals surface area contributed by atoms with Crippen molar-refractivity contribution in [2.45, 2.75) is 19.6 Å². The fraction of sp³-hybridized carbons (Fsp3) is 0.139. The maximum atomic E-state index is 11.6. The van der Waals surface area contributed by atoms with Gasteiger partial charge in [-0.3, -0.25) is 9.48 Å². The Kier molecular flexibility index (Phi) is 8.50. The molecule has 0 atom stereocenters. The molecule has 0 unspecified atom stereocenters. The van der Waals surface area contributed by atoms with Gasteiger partial charge in [0.15, 0.2) is 0 Å². The molecule has 6 rings (SSSR count). The van der Waals surface area contributed by atoms with E-state index in [4.69, 9.17) is 29.0 Å². The zero-order valence-corrected chi connectivity index (χ0v) is 24.5. The molecule has 2 aromatic heterocycles. The van der Waals surface area contributed by atoms with Crippen LogP contribution in [0.4, 0.5) is 0 Å². The van der Waals surface area contributed by atoms with Crippen molar-refractivity contribution in [3.8, 4) is 34.5 Å². The normalized spacial score (nSPS) is 10.9. The minimum Gasteiger partial charge on any atom is -0.473 e. The maximum Gasteiger partial charge on any atom is 0.309 e.